The molecule has 0 spiro atoms. The number of aryl methyl sites for hydroxylation is 2. The molecule has 4 nitrogen and oxygen atoms in total. The molecule has 2 aromatic heterocycles. The van der Waals surface area contributed by atoms with Crippen molar-refractivity contribution in [1.82, 2.24) is 15.1 Å². The highest BCUT2D eigenvalue weighted by atomic mass is 32.1. The quantitative estimate of drug-likeness (QED) is 0.825. The molecule has 5 heteroatoms. The van der Waals surface area contributed by atoms with Crippen molar-refractivity contribution >= 4 is 17.2 Å². The van der Waals surface area contributed by atoms with Gasteiger partial charge in [-0.15, -0.1) is 11.3 Å². The van der Waals surface area contributed by atoms with Crippen molar-refractivity contribution in [3.8, 4) is 0 Å². The van der Waals surface area contributed by atoms with Crippen molar-refractivity contribution in [3.63, 3.8) is 0 Å². The van der Waals surface area contributed by atoms with E-state index in [4.69, 9.17) is 0 Å². The van der Waals surface area contributed by atoms with E-state index in [2.05, 4.69) is 10.4 Å². The number of rotatable bonds is 5. The zero-order valence-electron chi connectivity index (χ0n) is 9.72. The summed E-state index contributed by atoms with van der Waals surface area (Å²) >= 11 is 1.52. The van der Waals surface area contributed by atoms with Crippen LogP contribution in [0.4, 0.5) is 0 Å². The number of thiophene rings is 1. The van der Waals surface area contributed by atoms with Crippen LogP contribution in [-0.2, 0) is 6.54 Å². The van der Waals surface area contributed by atoms with E-state index in [1.807, 2.05) is 36.0 Å². The lowest BCUT2D eigenvalue weighted by molar-refractivity contribution is 0.0956. The number of carbonyl (C=O) groups excluding carboxylic acids is 1. The van der Waals surface area contributed by atoms with Gasteiger partial charge in [0.25, 0.3) is 5.91 Å². The van der Waals surface area contributed by atoms with Crippen molar-refractivity contribution in [1.29, 1.82) is 0 Å². The van der Waals surface area contributed by atoms with Gasteiger partial charge in [-0.05, 0) is 31.5 Å². The largest absolute Gasteiger partial charge is 0.351 e. The maximum atomic E-state index is 11.7. The summed E-state index contributed by atoms with van der Waals surface area (Å²) in [4.78, 5) is 13.6. The van der Waals surface area contributed by atoms with E-state index in [0.29, 0.717) is 6.54 Å². The molecule has 17 heavy (non-hydrogen) atoms. The summed E-state index contributed by atoms with van der Waals surface area (Å²) in [6.07, 6.45) is 4.56. The highest BCUT2D eigenvalue weighted by Crippen LogP contribution is 2.14. The van der Waals surface area contributed by atoms with Gasteiger partial charge in [0.05, 0.1) is 4.88 Å². The average molecular weight is 249 g/mol. The number of carbonyl (C=O) groups is 1. The first-order valence-electron chi connectivity index (χ1n) is 5.58. The third-order valence-electron chi connectivity index (χ3n) is 2.37. The first kappa shape index (κ1) is 11.9. The Kier molecular flexibility index (Phi) is 3.93. The Labute approximate surface area is 104 Å². The summed E-state index contributed by atoms with van der Waals surface area (Å²) in [6, 6.07) is 5.72. The van der Waals surface area contributed by atoms with Crippen LogP contribution < -0.4 is 5.32 Å². The van der Waals surface area contributed by atoms with Crippen LogP contribution in [0.5, 0.6) is 0 Å². The minimum Gasteiger partial charge on any atom is -0.351 e. The highest BCUT2D eigenvalue weighted by Gasteiger charge is 2.06. The molecule has 0 aromatic carbocycles. The number of nitrogens with one attached hydrogen (secondary N) is 1. The van der Waals surface area contributed by atoms with Crippen LogP contribution in [0.2, 0.25) is 0 Å². The number of amides is 1. The number of hydrogen-bond donors (Lipinski definition) is 1. The molecule has 0 saturated heterocycles. The van der Waals surface area contributed by atoms with E-state index in [0.717, 1.165) is 22.7 Å². The monoisotopic (exact) mass is 249 g/mol. The lowest BCUT2D eigenvalue weighted by Gasteiger charge is -2.03. The zero-order chi connectivity index (χ0) is 12.1. The first-order valence-corrected chi connectivity index (χ1v) is 6.39. The summed E-state index contributed by atoms with van der Waals surface area (Å²) in [6.45, 7) is 3.51. The second kappa shape index (κ2) is 5.63. The van der Waals surface area contributed by atoms with Crippen molar-refractivity contribution in [3.05, 3.63) is 40.3 Å². The Balaban J connectivity index is 1.70. The molecule has 0 atom stereocenters. The second-order valence-electron chi connectivity index (χ2n) is 3.79. The minimum absolute atomic E-state index is 0.0172. The van der Waals surface area contributed by atoms with Crippen molar-refractivity contribution in [2.75, 3.05) is 6.54 Å². The Bertz CT molecular complexity index is 476. The van der Waals surface area contributed by atoms with Gasteiger partial charge in [0.2, 0.25) is 0 Å². The highest BCUT2D eigenvalue weighted by molar-refractivity contribution is 7.13. The molecule has 2 rings (SSSR count). The van der Waals surface area contributed by atoms with Crippen LogP contribution in [-0.4, -0.2) is 22.2 Å². The number of nitrogens with zero attached hydrogens (tertiary/aromatic N) is 2. The molecule has 1 amide bonds. The van der Waals surface area contributed by atoms with Crippen LogP contribution in [0.1, 0.15) is 21.0 Å². The molecule has 0 bridgehead atoms. The summed E-state index contributed by atoms with van der Waals surface area (Å²) < 4.78 is 1.86. The van der Waals surface area contributed by atoms with E-state index in [1.54, 1.807) is 6.20 Å². The smallest absolute Gasteiger partial charge is 0.261 e. The summed E-state index contributed by atoms with van der Waals surface area (Å²) in [5, 5.41) is 7.01. The van der Waals surface area contributed by atoms with Crippen molar-refractivity contribution < 1.29 is 4.79 Å². The molecule has 90 valence electrons. The van der Waals surface area contributed by atoms with Gasteiger partial charge in [0.1, 0.15) is 0 Å². The third-order valence-corrected chi connectivity index (χ3v) is 3.37. The van der Waals surface area contributed by atoms with Crippen molar-refractivity contribution in [2.45, 2.75) is 19.9 Å². The van der Waals surface area contributed by atoms with Gasteiger partial charge in [-0.3, -0.25) is 9.48 Å². The van der Waals surface area contributed by atoms with Crippen LogP contribution in [0, 0.1) is 6.92 Å². The molecule has 0 aliphatic rings. The van der Waals surface area contributed by atoms with E-state index < -0.39 is 0 Å². The molecule has 0 radical (unpaired) electrons. The number of hydrogen-bond acceptors (Lipinski definition) is 3. The standard InChI is InChI=1S/C12H15N3OS/c1-10-4-5-11(17-10)12(16)13-6-2-8-15-9-3-7-14-15/h3-5,7,9H,2,6,8H2,1H3,(H,13,16). The van der Waals surface area contributed by atoms with Gasteiger partial charge in [-0.25, -0.2) is 0 Å². The lowest BCUT2D eigenvalue weighted by atomic mass is 10.4. The zero-order valence-corrected chi connectivity index (χ0v) is 10.5. The van der Waals surface area contributed by atoms with Gasteiger partial charge in [-0.2, -0.15) is 5.10 Å². The Morgan fingerprint density at radius 2 is 2.41 bits per heavy atom. The molecule has 0 unspecified atom stereocenters. The first-order chi connectivity index (χ1) is 8.25. The van der Waals surface area contributed by atoms with E-state index >= 15 is 0 Å². The third kappa shape index (κ3) is 3.42. The van der Waals surface area contributed by atoms with Gasteiger partial charge in [0.15, 0.2) is 0 Å². The van der Waals surface area contributed by atoms with Gasteiger partial charge in [0, 0.05) is 30.4 Å². The molecule has 2 heterocycles. The van der Waals surface area contributed by atoms with Crippen LogP contribution in [0.25, 0.3) is 0 Å². The molecule has 0 aliphatic carbocycles. The van der Waals surface area contributed by atoms with Crippen LogP contribution in [0.15, 0.2) is 30.6 Å². The molecule has 1 N–H and O–H groups in total. The summed E-state index contributed by atoms with van der Waals surface area (Å²) in [5.41, 5.74) is 0. The fourth-order valence-corrected chi connectivity index (χ4v) is 2.30. The summed E-state index contributed by atoms with van der Waals surface area (Å²) in [5.74, 6) is 0.0172. The maximum absolute atomic E-state index is 11.7. The van der Waals surface area contributed by atoms with E-state index in [1.165, 1.54) is 11.3 Å². The molecule has 0 aliphatic heterocycles. The Hall–Kier alpha value is -1.62. The van der Waals surface area contributed by atoms with Crippen LogP contribution >= 0.6 is 11.3 Å². The summed E-state index contributed by atoms with van der Waals surface area (Å²) in [7, 11) is 0. The fourth-order valence-electron chi connectivity index (χ4n) is 1.52. The molecule has 0 fully saturated rings. The van der Waals surface area contributed by atoms with Gasteiger partial charge in [-0.1, -0.05) is 0 Å². The Morgan fingerprint density at radius 1 is 1.53 bits per heavy atom. The SMILES string of the molecule is Cc1ccc(C(=O)NCCCn2cccn2)s1. The van der Waals surface area contributed by atoms with E-state index in [-0.39, 0.29) is 5.91 Å². The Morgan fingerprint density at radius 3 is 3.06 bits per heavy atom. The second-order valence-corrected chi connectivity index (χ2v) is 5.08. The van der Waals surface area contributed by atoms with Crippen molar-refractivity contribution in [2.24, 2.45) is 0 Å². The lowest BCUT2D eigenvalue weighted by Crippen LogP contribution is -2.24. The topological polar surface area (TPSA) is 46.9 Å². The maximum Gasteiger partial charge on any atom is 0.261 e. The molecule has 2 aromatic rings. The van der Waals surface area contributed by atoms with Gasteiger partial charge < -0.3 is 5.32 Å². The molecule has 0 saturated carbocycles. The van der Waals surface area contributed by atoms with E-state index in [9.17, 15) is 4.79 Å². The van der Waals surface area contributed by atoms with Crippen LogP contribution in [0.3, 0.4) is 0 Å². The average Bonchev–Trinajstić information content (AvgIpc) is 2.95. The minimum atomic E-state index is 0.0172. The predicted octanol–water partition coefficient (Wildman–Crippen LogP) is 2.07. The normalized spacial score (nSPS) is 10.4. The fraction of sp³-hybridized carbons (Fsp3) is 0.333. The van der Waals surface area contributed by atoms with Gasteiger partial charge >= 0.3 is 0 Å². The predicted molar refractivity (Wildman–Crippen MR) is 68.2 cm³/mol. The molecular formula is C12H15N3OS. The molecular weight excluding hydrogens is 234 g/mol. The number of aromatic nitrogens is 2.